The fourth-order valence-corrected chi connectivity index (χ4v) is 6.64. The van der Waals surface area contributed by atoms with Crippen LogP contribution in [0.2, 0.25) is 54.4 Å². The van der Waals surface area contributed by atoms with E-state index in [0.29, 0.717) is 0 Å². The van der Waals surface area contributed by atoms with E-state index in [1.807, 2.05) is 0 Å². The lowest BCUT2D eigenvalue weighted by Gasteiger charge is -2.45. The van der Waals surface area contributed by atoms with Gasteiger partial charge in [-0.2, -0.15) is 0 Å². The minimum absolute atomic E-state index is 0.00590. The molecule has 39 heavy (non-hydrogen) atoms. The van der Waals surface area contributed by atoms with E-state index in [9.17, 15) is 10.2 Å². The average molecular weight is 603 g/mol. The van der Waals surface area contributed by atoms with Gasteiger partial charge in [-0.05, 0) is 60.8 Å². The van der Waals surface area contributed by atoms with Crippen molar-refractivity contribution >= 4 is 25.0 Å². The molecule has 4 atom stereocenters. The summed E-state index contributed by atoms with van der Waals surface area (Å²) >= 11 is 0. The highest BCUT2D eigenvalue weighted by Crippen LogP contribution is 2.41. The normalized spacial score (nSPS) is 17.3. The molecular formula is C31H66O5Si3. The number of hydrogen-bond acceptors (Lipinski definition) is 5. The summed E-state index contributed by atoms with van der Waals surface area (Å²) in [7, 11) is -6.73. The van der Waals surface area contributed by atoms with Crippen LogP contribution in [0.1, 0.15) is 101 Å². The molecule has 0 rings (SSSR count). The van der Waals surface area contributed by atoms with E-state index in [1.165, 1.54) is 12.8 Å². The molecule has 0 aromatic rings. The van der Waals surface area contributed by atoms with Crippen LogP contribution in [0.15, 0.2) is 0 Å². The first-order valence-corrected chi connectivity index (χ1v) is 23.9. The fraction of sp³-hybridized carbons (Fsp3) is 0.935. The second kappa shape index (κ2) is 15.0. The van der Waals surface area contributed by atoms with Gasteiger partial charge in [0.25, 0.3) is 0 Å². The van der Waals surface area contributed by atoms with Crippen molar-refractivity contribution < 1.29 is 23.5 Å². The quantitative estimate of drug-likeness (QED) is 0.119. The molecule has 0 saturated heterocycles. The first-order chi connectivity index (χ1) is 17.3. The van der Waals surface area contributed by atoms with Crippen LogP contribution >= 0.6 is 0 Å². The Morgan fingerprint density at radius 3 is 1.56 bits per heavy atom. The van der Waals surface area contributed by atoms with Crippen LogP contribution in [-0.2, 0) is 13.3 Å². The van der Waals surface area contributed by atoms with Crippen molar-refractivity contribution in [2.75, 3.05) is 6.61 Å². The van der Waals surface area contributed by atoms with Gasteiger partial charge < -0.3 is 23.5 Å². The van der Waals surface area contributed by atoms with Gasteiger partial charge in [0.05, 0.1) is 6.61 Å². The van der Waals surface area contributed by atoms with Crippen molar-refractivity contribution in [1.82, 2.24) is 0 Å². The third kappa shape index (κ3) is 12.4. The van der Waals surface area contributed by atoms with E-state index in [4.69, 9.17) is 13.3 Å². The molecule has 0 spiro atoms. The Kier molecular flexibility index (Phi) is 15.0. The van der Waals surface area contributed by atoms with Gasteiger partial charge >= 0.3 is 0 Å². The number of aliphatic hydroxyl groups is 2. The minimum Gasteiger partial charge on any atom is -0.414 e. The summed E-state index contributed by atoms with van der Waals surface area (Å²) < 4.78 is 20.1. The Morgan fingerprint density at radius 1 is 0.667 bits per heavy atom. The molecule has 2 N–H and O–H groups in total. The summed E-state index contributed by atoms with van der Waals surface area (Å²) in [6, 6.07) is 0. The molecule has 0 amide bonds. The lowest BCUT2D eigenvalue weighted by atomic mass is 10.0. The molecule has 232 valence electrons. The number of aliphatic hydroxyl groups excluding tert-OH is 2. The van der Waals surface area contributed by atoms with E-state index in [0.717, 1.165) is 19.3 Å². The molecule has 0 saturated carbocycles. The maximum atomic E-state index is 11.7. The number of rotatable bonds is 14. The Labute approximate surface area is 246 Å². The van der Waals surface area contributed by atoms with Gasteiger partial charge in [-0.15, -0.1) is 5.92 Å². The van der Waals surface area contributed by atoms with Crippen molar-refractivity contribution in [2.45, 2.75) is 180 Å². The molecular weight excluding hydrogens is 537 g/mol. The van der Waals surface area contributed by atoms with E-state index >= 15 is 0 Å². The third-order valence-corrected chi connectivity index (χ3v) is 22.7. The van der Waals surface area contributed by atoms with Gasteiger partial charge in [-0.3, -0.25) is 0 Å². The van der Waals surface area contributed by atoms with Crippen molar-refractivity contribution in [3.63, 3.8) is 0 Å². The standard InChI is InChI=1S/C31H66O5Si3/c1-17-18-19-20-21-22-23-26(35-38(13,14)30(5,6)7)28(36-39(15,16)31(8,9)10)27(33)25(32)24-34-37(11,12)29(2,3)4/h25-28,32-33H,17-21,24H2,1-16H3/t25?,26-,27?,28-/m1/s1. The summed E-state index contributed by atoms with van der Waals surface area (Å²) in [5.74, 6) is 6.75. The van der Waals surface area contributed by atoms with Crippen molar-refractivity contribution in [3.05, 3.63) is 0 Å². The molecule has 0 heterocycles. The zero-order chi connectivity index (χ0) is 31.1. The second-order valence-corrected chi connectivity index (χ2v) is 30.2. The predicted molar refractivity (Wildman–Crippen MR) is 176 cm³/mol. The summed E-state index contributed by atoms with van der Waals surface area (Å²) in [5.41, 5.74) is 0. The largest absolute Gasteiger partial charge is 0.414 e. The Balaban J connectivity index is 6.44. The summed E-state index contributed by atoms with van der Waals surface area (Å²) in [4.78, 5) is 0. The smallest absolute Gasteiger partial charge is 0.193 e. The van der Waals surface area contributed by atoms with E-state index < -0.39 is 49.4 Å². The van der Waals surface area contributed by atoms with Crippen LogP contribution in [0.5, 0.6) is 0 Å². The molecule has 8 heteroatoms. The molecule has 0 fully saturated rings. The maximum absolute atomic E-state index is 11.7. The molecule has 0 radical (unpaired) electrons. The molecule has 5 nitrogen and oxygen atoms in total. The molecule has 0 aromatic heterocycles. The molecule has 0 bridgehead atoms. The first-order valence-electron chi connectivity index (χ1n) is 15.1. The Morgan fingerprint density at radius 2 is 1.13 bits per heavy atom. The molecule has 0 aromatic carbocycles. The van der Waals surface area contributed by atoms with Crippen LogP contribution in [0.3, 0.4) is 0 Å². The highest BCUT2D eigenvalue weighted by Gasteiger charge is 2.48. The second-order valence-electron chi connectivity index (χ2n) is 15.9. The molecule has 2 unspecified atom stereocenters. The maximum Gasteiger partial charge on any atom is 0.193 e. The van der Waals surface area contributed by atoms with Gasteiger partial charge in [-0.25, -0.2) is 0 Å². The van der Waals surface area contributed by atoms with Gasteiger partial charge in [0.1, 0.15) is 24.4 Å². The summed E-state index contributed by atoms with van der Waals surface area (Å²) in [6.07, 6.45) is 1.69. The van der Waals surface area contributed by atoms with E-state index in [1.54, 1.807) is 0 Å². The van der Waals surface area contributed by atoms with Gasteiger partial charge in [0.15, 0.2) is 25.0 Å². The Hall–Kier alpha value is 0.0106. The number of hydrogen-bond donors (Lipinski definition) is 2. The van der Waals surface area contributed by atoms with E-state index in [-0.39, 0.29) is 21.7 Å². The first kappa shape index (κ1) is 39.0. The van der Waals surface area contributed by atoms with Crippen molar-refractivity contribution in [3.8, 4) is 11.8 Å². The van der Waals surface area contributed by atoms with Crippen molar-refractivity contribution in [2.24, 2.45) is 0 Å². The van der Waals surface area contributed by atoms with Crippen LogP contribution in [0.4, 0.5) is 0 Å². The van der Waals surface area contributed by atoms with Gasteiger partial charge in [0.2, 0.25) is 0 Å². The molecule has 0 aliphatic heterocycles. The topological polar surface area (TPSA) is 68.2 Å². The van der Waals surface area contributed by atoms with Crippen LogP contribution < -0.4 is 0 Å². The van der Waals surface area contributed by atoms with Gasteiger partial charge in [-0.1, -0.05) is 94.4 Å². The average Bonchev–Trinajstić information content (AvgIpc) is 2.74. The summed E-state index contributed by atoms with van der Waals surface area (Å²) in [5, 5.41) is 22.9. The SMILES string of the molecule is CCCCCCC#C[C@@H](O[Si](C)(C)C(C)(C)C)[C@@H](O[Si](C)(C)C(C)(C)C)C(O)C(O)CO[Si](C)(C)C(C)(C)C. The zero-order valence-corrected chi connectivity index (χ0v) is 31.7. The summed E-state index contributed by atoms with van der Waals surface area (Å²) in [6.45, 7) is 35.0. The van der Waals surface area contributed by atoms with Crippen LogP contribution in [0, 0.1) is 11.8 Å². The highest BCUT2D eigenvalue weighted by atomic mass is 28.4. The Bertz CT molecular complexity index is 779. The minimum atomic E-state index is -2.35. The van der Waals surface area contributed by atoms with Crippen LogP contribution in [-0.4, -0.2) is 66.2 Å². The molecule has 0 aliphatic carbocycles. The monoisotopic (exact) mass is 602 g/mol. The van der Waals surface area contributed by atoms with Crippen LogP contribution in [0.25, 0.3) is 0 Å². The molecule has 0 aliphatic rings. The van der Waals surface area contributed by atoms with Crippen molar-refractivity contribution in [1.29, 1.82) is 0 Å². The highest BCUT2D eigenvalue weighted by molar-refractivity contribution is 6.75. The zero-order valence-electron chi connectivity index (χ0n) is 28.7. The fourth-order valence-electron chi connectivity index (χ4n) is 3.14. The lowest BCUT2D eigenvalue weighted by molar-refractivity contribution is -0.0932. The predicted octanol–water partition coefficient (Wildman–Crippen LogP) is 8.48. The van der Waals surface area contributed by atoms with E-state index in [2.05, 4.69) is 120 Å². The third-order valence-electron chi connectivity index (χ3n) is 9.31. The van der Waals surface area contributed by atoms with Gasteiger partial charge in [0, 0.05) is 6.42 Å². The number of unbranched alkanes of at least 4 members (excludes halogenated alkanes) is 4. The lowest BCUT2D eigenvalue weighted by Crippen LogP contribution is -2.58.